The van der Waals surface area contributed by atoms with Crippen molar-refractivity contribution in [1.82, 2.24) is 0 Å². The Morgan fingerprint density at radius 3 is 2.89 bits per heavy atom. The first-order valence-electron chi connectivity index (χ1n) is 4.63. The van der Waals surface area contributed by atoms with E-state index in [-0.39, 0.29) is 12.8 Å². The van der Waals surface area contributed by atoms with E-state index in [9.17, 15) is 4.79 Å². The van der Waals surface area contributed by atoms with Gasteiger partial charge in [0.25, 0.3) is 0 Å². The molecule has 2 nitrogen and oxygen atoms in total. The summed E-state index contributed by atoms with van der Waals surface area (Å²) in [5, 5.41) is 8.26. The smallest absolute Gasteiger partial charge is 0.303 e. The molecule has 2 heteroatoms. The Balaban J connectivity index is 3.17. The van der Waals surface area contributed by atoms with E-state index in [1.807, 2.05) is 0 Å². The van der Waals surface area contributed by atoms with Gasteiger partial charge >= 0.3 is 5.97 Å². The highest BCUT2D eigenvalue weighted by atomic mass is 16.4. The van der Waals surface area contributed by atoms with Crippen LogP contribution in [0.5, 0.6) is 0 Å². The molecule has 0 saturated heterocycles. The SMILES string of the molecule is [2H]C([2H])([2H])CCCCCC(=O)O. The molecule has 0 aromatic carbocycles. The lowest BCUT2D eigenvalue weighted by atomic mass is 10.2. The highest BCUT2D eigenvalue weighted by Gasteiger charge is 1.93. The standard InChI is InChI=1S/C7H14O2/c1-2-3-4-5-6-7(8)9/h2-6H2,1H3,(H,8,9)/i1D3. The van der Waals surface area contributed by atoms with E-state index in [0.717, 1.165) is 0 Å². The van der Waals surface area contributed by atoms with Crippen molar-refractivity contribution in [2.45, 2.75) is 39.0 Å². The zero-order valence-corrected chi connectivity index (χ0v) is 5.39. The van der Waals surface area contributed by atoms with Gasteiger partial charge in [-0.3, -0.25) is 4.79 Å². The van der Waals surface area contributed by atoms with E-state index < -0.39 is 12.8 Å². The van der Waals surface area contributed by atoms with Crippen LogP contribution < -0.4 is 0 Å². The van der Waals surface area contributed by atoms with Crippen molar-refractivity contribution < 1.29 is 14.0 Å². The van der Waals surface area contributed by atoms with Crippen LogP contribution in [0.1, 0.15) is 43.1 Å². The van der Waals surface area contributed by atoms with E-state index in [1.54, 1.807) is 0 Å². The zero-order chi connectivity index (χ0) is 9.61. The molecule has 0 aliphatic carbocycles. The fourth-order valence-corrected chi connectivity index (χ4v) is 0.578. The molecule has 0 aliphatic heterocycles. The molecule has 0 aliphatic rings. The van der Waals surface area contributed by atoms with Gasteiger partial charge in [-0.05, 0) is 6.42 Å². The molecule has 0 spiro atoms. The molecule has 0 heterocycles. The predicted molar refractivity (Wildman–Crippen MR) is 36.4 cm³/mol. The molecule has 54 valence electrons. The van der Waals surface area contributed by atoms with Crippen LogP contribution in [0.3, 0.4) is 0 Å². The van der Waals surface area contributed by atoms with Crippen molar-refractivity contribution in [1.29, 1.82) is 0 Å². The first-order chi connectivity index (χ1) is 5.42. The van der Waals surface area contributed by atoms with E-state index >= 15 is 0 Å². The van der Waals surface area contributed by atoms with Gasteiger partial charge in [0.05, 0.1) is 0 Å². The molecule has 0 saturated carbocycles. The Morgan fingerprint density at radius 1 is 1.56 bits per heavy atom. The molecule has 0 aromatic heterocycles. The summed E-state index contributed by atoms with van der Waals surface area (Å²) >= 11 is 0. The quantitative estimate of drug-likeness (QED) is 0.583. The van der Waals surface area contributed by atoms with E-state index in [4.69, 9.17) is 9.22 Å². The Kier molecular flexibility index (Phi) is 2.68. The van der Waals surface area contributed by atoms with Crippen molar-refractivity contribution in [2.75, 3.05) is 0 Å². The minimum atomic E-state index is -1.86. The highest BCUT2D eigenvalue weighted by molar-refractivity contribution is 5.66. The van der Waals surface area contributed by atoms with Crippen molar-refractivity contribution >= 4 is 5.97 Å². The Labute approximate surface area is 60.1 Å². The number of carbonyl (C=O) groups is 1. The summed E-state index contributed by atoms with van der Waals surface area (Å²) in [4.78, 5) is 10.0. The third-order valence-corrected chi connectivity index (χ3v) is 1.07. The van der Waals surface area contributed by atoms with Crippen molar-refractivity contribution in [3.8, 4) is 0 Å². The van der Waals surface area contributed by atoms with Crippen LogP contribution in [0.2, 0.25) is 0 Å². The van der Waals surface area contributed by atoms with Gasteiger partial charge in [0.1, 0.15) is 0 Å². The number of hydrogen-bond donors (Lipinski definition) is 1. The molecule has 0 radical (unpaired) electrons. The van der Waals surface area contributed by atoms with Gasteiger partial charge in [-0.1, -0.05) is 26.1 Å². The maximum absolute atomic E-state index is 10.0. The molecule has 0 rings (SSSR count). The molecule has 0 atom stereocenters. The van der Waals surface area contributed by atoms with Crippen molar-refractivity contribution in [3.05, 3.63) is 0 Å². The normalized spacial score (nSPS) is 15.8. The van der Waals surface area contributed by atoms with Crippen molar-refractivity contribution in [3.63, 3.8) is 0 Å². The van der Waals surface area contributed by atoms with E-state index in [0.29, 0.717) is 19.3 Å². The summed E-state index contributed by atoms with van der Waals surface area (Å²) in [5.74, 6) is -0.816. The fraction of sp³-hybridized carbons (Fsp3) is 0.857. The van der Waals surface area contributed by atoms with Gasteiger partial charge in [-0.2, -0.15) is 0 Å². The first-order valence-corrected chi connectivity index (χ1v) is 3.13. The van der Waals surface area contributed by atoms with Crippen LogP contribution in [-0.2, 0) is 4.79 Å². The van der Waals surface area contributed by atoms with Crippen LogP contribution in [0.15, 0.2) is 0 Å². The molecule has 0 amide bonds. The third kappa shape index (κ3) is 7.47. The van der Waals surface area contributed by atoms with Crippen LogP contribution in [0.25, 0.3) is 0 Å². The summed E-state index contributed by atoms with van der Waals surface area (Å²) in [6, 6.07) is 0. The van der Waals surface area contributed by atoms with E-state index in [2.05, 4.69) is 0 Å². The third-order valence-electron chi connectivity index (χ3n) is 1.07. The summed E-state index contributed by atoms with van der Waals surface area (Å²) < 4.78 is 20.6. The van der Waals surface area contributed by atoms with Crippen LogP contribution in [-0.4, -0.2) is 11.1 Å². The van der Waals surface area contributed by atoms with Crippen LogP contribution in [0.4, 0.5) is 0 Å². The number of hydrogen-bond acceptors (Lipinski definition) is 1. The maximum atomic E-state index is 10.0. The number of unbranched alkanes of at least 4 members (excludes halogenated alkanes) is 2. The fourth-order valence-electron chi connectivity index (χ4n) is 0.578. The zero-order valence-electron chi connectivity index (χ0n) is 8.39. The Morgan fingerprint density at radius 2 is 2.33 bits per heavy atom. The molecule has 1 N–H and O–H groups in total. The largest absolute Gasteiger partial charge is 0.481 e. The summed E-state index contributed by atoms with van der Waals surface area (Å²) in [6.45, 7) is -1.86. The van der Waals surface area contributed by atoms with Gasteiger partial charge < -0.3 is 5.11 Å². The van der Waals surface area contributed by atoms with Gasteiger partial charge in [-0.25, -0.2) is 0 Å². The number of rotatable bonds is 5. The summed E-state index contributed by atoms with van der Waals surface area (Å²) in [5.41, 5.74) is 0. The lowest BCUT2D eigenvalue weighted by Crippen LogP contribution is -1.92. The molecule has 0 bridgehead atoms. The highest BCUT2D eigenvalue weighted by Crippen LogP contribution is 2.01. The second-order valence-corrected chi connectivity index (χ2v) is 1.95. The lowest BCUT2D eigenvalue weighted by Gasteiger charge is -1.92. The van der Waals surface area contributed by atoms with Crippen LogP contribution in [0, 0.1) is 0 Å². The lowest BCUT2D eigenvalue weighted by molar-refractivity contribution is -0.137. The second-order valence-electron chi connectivity index (χ2n) is 1.95. The van der Waals surface area contributed by atoms with Gasteiger partial charge in [0.15, 0.2) is 0 Å². The number of carboxylic acid groups (broad SMARTS) is 1. The van der Waals surface area contributed by atoms with Gasteiger partial charge in [-0.15, -0.1) is 0 Å². The molecule has 9 heavy (non-hydrogen) atoms. The molecule has 0 fully saturated rings. The van der Waals surface area contributed by atoms with Crippen LogP contribution >= 0.6 is 0 Å². The number of aliphatic carboxylic acids is 1. The molecule has 0 unspecified atom stereocenters. The minimum absolute atomic E-state index is 0.140. The average molecular weight is 133 g/mol. The molecule has 0 aromatic rings. The Bertz CT molecular complexity index is 142. The number of carboxylic acids is 1. The summed E-state index contributed by atoms with van der Waals surface area (Å²) in [7, 11) is 0. The molecular weight excluding hydrogens is 116 g/mol. The average Bonchev–Trinajstić information content (AvgIpc) is 1.83. The van der Waals surface area contributed by atoms with Gasteiger partial charge in [0, 0.05) is 10.5 Å². The topological polar surface area (TPSA) is 37.3 Å². The monoisotopic (exact) mass is 133 g/mol. The van der Waals surface area contributed by atoms with Gasteiger partial charge in [0.2, 0.25) is 0 Å². The maximum Gasteiger partial charge on any atom is 0.303 e. The first kappa shape index (κ1) is 4.31. The minimum Gasteiger partial charge on any atom is -0.481 e. The van der Waals surface area contributed by atoms with Crippen molar-refractivity contribution in [2.24, 2.45) is 0 Å². The predicted octanol–water partition coefficient (Wildman–Crippen LogP) is 2.04. The Hall–Kier alpha value is -0.530. The second kappa shape index (κ2) is 5.60. The van der Waals surface area contributed by atoms with E-state index in [1.165, 1.54) is 0 Å². The summed E-state index contributed by atoms with van der Waals surface area (Å²) in [6.07, 6.45) is 2.17. The molecular formula is C7H14O2.